The van der Waals surface area contributed by atoms with Gasteiger partial charge in [0.05, 0.1) is 17.7 Å². The number of hydrogen-bond donors (Lipinski definition) is 1. The number of nitriles is 1. The molecule has 0 radical (unpaired) electrons. The molecule has 0 atom stereocenters. The zero-order valence-corrected chi connectivity index (χ0v) is 16.8. The van der Waals surface area contributed by atoms with Crippen molar-refractivity contribution in [3.05, 3.63) is 89.1 Å². The van der Waals surface area contributed by atoms with E-state index in [1.165, 1.54) is 0 Å². The van der Waals surface area contributed by atoms with Crippen LogP contribution >= 0.6 is 0 Å². The van der Waals surface area contributed by atoms with Crippen LogP contribution in [0.4, 0.5) is 0 Å². The summed E-state index contributed by atoms with van der Waals surface area (Å²) < 4.78 is 11.4. The zero-order chi connectivity index (χ0) is 20.5. The largest absolute Gasteiger partial charge is 0.489 e. The van der Waals surface area contributed by atoms with Crippen molar-refractivity contribution in [2.24, 2.45) is 0 Å². The van der Waals surface area contributed by atoms with Crippen molar-refractivity contribution >= 4 is 0 Å². The van der Waals surface area contributed by atoms with Gasteiger partial charge < -0.3 is 14.8 Å². The van der Waals surface area contributed by atoms with Gasteiger partial charge in [-0.2, -0.15) is 5.26 Å². The fourth-order valence-electron chi connectivity index (χ4n) is 2.82. The Morgan fingerprint density at radius 1 is 0.966 bits per heavy atom. The summed E-state index contributed by atoms with van der Waals surface area (Å²) in [5.41, 5.74) is 3.86. The molecular weight excluding hydrogens is 362 g/mol. The average Bonchev–Trinajstić information content (AvgIpc) is 2.74. The minimum Gasteiger partial charge on any atom is -0.489 e. The maximum atomic E-state index is 8.99. The van der Waals surface area contributed by atoms with Gasteiger partial charge in [0.2, 0.25) is 5.88 Å². The SMILES string of the molecule is CC(C)Oc1ccc(CNCc2cccc(OCc3cccc(C#N)c3)c2)cn1. The van der Waals surface area contributed by atoms with E-state index in [9.17, 15) is 0 Å². The van der Waals surface area contributed by atoms with Crippen LogP contribution in [0.1, 0.15) is 36.1 Å². The zero-order valence-electron chi connectivity index (χ0n) is 16.8. The Morgan fingerprint density at radius 3 is 2.52 bits per heavy atom. The van der Waals surface area contributed by atoms with Crippen LogP contribution in [0, 0.1) is 11.3 Å². The summed E-state index contributed by atoms with van der Waals surface area (Å²) in [5.74, 6) is 1.46. The van der Waals surface area contributed by atoms with Crippen LogP contribution in [-0.2, 0) is 19.7 Å². The second-order valence-electron chi connectivity index (χ2n) is 7.02. The standard InChI is InChI=1S/C24H25N3O2/c1-18(2)29-24-10-9-22(16-27-24)15-26-14-20-6-4-8-23(12-20)28-17-21-7-3-5-19(11-21)13-25/h3-12,16,18,26H,14-15,17H2,1-2H3. The highest BCUT2D eigenvalue weighted by Gasteiger charge is 2.02. The third-order valence-electron chi connectivity index (χ3n) is 4.17. The number of aromatic nitrogens is 1. The molecule has 0 saturated carbocycles. The lowest BCUT2D eigenvalue weighted by Gasteiger charge is -2.10. The molecule has 0 aliphatic carbocycles. The molecule has 3 rings (SSSR count). The highest BCUT2D eigenvalue weighted by Crippen LogP contribution is 2.16. The van der Waals surface area contributed by atoms with Crippen LogP contribution in [0.15, 0.2) is 66.9 Å². The quantitative estimate of drug-likeness (QED) is 0.581. The summed E-state index contributed by atoms with van der Waals surface area (Å²) in [6.45, 7) is 5.85. The van der Waals surface area contributed by atoms with Crippen molar-refractivity contribution in [2.75, 3.05) is 0 Å². The first-order chi connectivity index (χ1) is 14.1. The van der Waals surface area contributed by atoms with Crippen molar-refractivity contribution in [3.8, 4) is 17.7 Å². The number of rotatable bonds is 9. The van der Waals surface area contributed by atoms with Crippen LogP contribution in [0.2, 0.25) is 0 Å². The van der Waals surface area contributed by atoms with Gasteiger partial charge in [0.1, 0.15) is 12.4 Å². The summed E-state index contributed by atoms with van der Waals surface area (Å²) in [5, 5.41) is 12.4. The van der Waals surface area contributed by atoms with Gasteiger partial charge in [-0.15, -0.1) is 0 Å². The van der Waals surface area contributed by atoms with Crippen molar-refractivity contribution in [1.29, 1.82) is 5.26 Å². The number of nitrogens with zero attached hydrogens (tertiary/aromatic N) is 2. The maximum absolute atomic E-state index is 8.99. The smallest absolute Gasteiger partial charge is 0.213 e. The van der Waals surface area contributed by atoms with E-state index < -0.39 is 0 Å². The van der Waals surface area contributed by atoms with Gasteiger partial charge >= 0.3 is 0 Å². The van der Waals surface area contributed by atoms with E-state index in [1.54, 1.807) is 6.07 Å². The number of pyridine rings is 1. The van der Waals surface area contributed by atoms with Crippen LogP contribution < -0.4 is 14.8 Å². The Kier molecular flexibility index (Phi) is 7.21. The van der Waals surface area contributed by atoms with Gasteiger partial charge in [0.15, 0.2) is 0 Å². The van der Waals surface area contributed by atoms with Crippen molar-refractivity contribution in [2.45, 2.75) is 39.6 Å². The molecule has 148 valence electrons. The second kappa shape index (κ2) is 10.3. The normalized spacial score (nSPS) is 10.6. The minimum atomic E-state index is 0.122. The van der Waals surface area contributed by atoms with E-state index >= 15 is 0 Å². The highest BCUT2D eigenvalue weighted by molar-refractivity contribution is 5.33. The topological polar surface area (TPSA) is 67.2 Å². The summed E-state index contributed by atoms with van der Waals surface area (Å²) in [6.07, 6.45) is 1.95. The molecule has 2 aromatic carbocycles. The molecule has 0 amide bonds. The van der Waals surface area contributed by atoms with Gasteiger partial charge in [-0.25, -0.2) is 4.98 Å². The summed E-state index contributed by atoms with van der Waals surface area (Å²) >= 11 is 0. The predicted molar refractivity (Wildman–Crippen MR) is 112 cm³/mol. The fourth-order valence-corrected chi connectivity index (χ4v) is 2.82. The van der Waals surface area contributed by atoms with E-state index in [4.69, 9.17) is 14.7 Å². The Balaban J connectivity index is 1.49. The molecule has 1 heterocycles. The molecule has 0 saturated heterocycles. The van der Waals surface area contributed by atoms with Crippen LogP contribution in [0.3, 0.4) is 0 Å². The molecule has 1 N–H and O–H groups in total. The van der Waals surface area contributed by atoms with E-state index in [0.29, 0.717) is 18.1 Å². The summed E-state index contributed by atoms with van der Waals surface area (Å²) in [7, 11) is 0. The molecule has 0 bridgehead atoms. The van der Waals surface area contributed by atoms with Crippen molar-refractivity contribution in [3.63, 3.8) is 0 Å². The lowest BCUT2D eigenvalue weighted by molar-refractivity contribution is 0.232. The van der Waals surface area contributed by atoms with Gasteiger partial charge in [0.25, 0.3) is 0 Å². The first-order valence-electron chi connectivity index (χ1n) is 9.65. The second-order valence-corrected chi connectivity index (χ2v) is 7.02. The molecule has 0 aliphatic rings. The summed E-state index contributed by atoms with van der Waals surface area (Å²) in [4.78, 5) is 4.32. The summed E-state index contributed by atoms with van der Waals surface area (Å²) in [6, 6.07) is 21.5. The van der Waals surface area contributed by atoms with E-state index in [1.807, 2.05) is 68.6 Å². The number of hydrogen-bond acceptors (Lipinski definition) is 5. The number of nitrogens with one attached hydrogen (secondary N) is 1. The average molecular weight is 387 g/mol. The predicted octanol–water partition coefficient (Wildman–Crippen LogP) is 4.61. The Bertz CT molecular complexity index is 962. The van der Waals surface area contributed by atoms with Crippen LogP contribution in [0.25, 0.3) is 0 Å². The molecule has 5 heteroatoms. The molecule has 5 nitrogen and oxygen atoms in total. The third kappa shape index (κ3) is 6.63. The third-order valence-corrected chi connectivity index (χ3v) is 4.17. The molecule has 29 heavy (non-hydrogen) atoms. The Labute approximate surface area is 171 Å². The number of ether oxygens (including phenoxy) is 2. The lowest BCUT2D eigenvalue weighted by atomic mass is 10.1. The number of benzene rings is 2. The first-order valence-corrected chi connectivity index (χ1v) is 9.65. The van der Waals surface area contributed by atoms with E-state index in [0.717, 1.165) is 35.5 Å². The molecule has 0 aliphatic heterocycles. The van der Waals surface area contributed by atoms with E-state index in [2.05, 4.69) is 22.4 Å². The Hall–Kier alpha value is -3.36. The molecule has 0 fully saturated rings. The lowest BCUT2D eigenvalue weighted by Crippen LogP contribution is -2.13. The molecule has 0 unspecified atom stereocenters. The molecular formula is C24H25N3O2. The molecule has 1 aromatic heterocycles. The van der Waals surface area contributed by atoms with Crippen LogP contribution in [-0.4, -0.2) is 11.1 Å². The van der Waals surface area contributed by atoms with E-state index in [-0.39, 0.29) is 6.10 Å². The fraction of sp³-hybridized carbons (Fsp3) is 0.250. The first kappa shape index (κ1) is 20.4. The van der Waals surface area contributed by atoms with Crippen molar-refractivity contribution < 1.29 is 9.47 Å². The van der Waals surface area contributed by atoms with Gasteiger partial charge in [-0.3, -0.25) is 0 Å². The minimum absolute atomic E-state index is 0.122. The molecule has 0 spiro atoms. The van der Waals surface area contributed by atoms with Gasteiger partial charge in [0, 0.05) is 25.4 Å². The highest BCUT2D eigenvalue weighted by atomic mass is 16.5. The Morgan fingerprint density at radius 2 is 1.76 bits per heavy atom. The monoisotopic (exact) mass is 387 g/mol. The van der Waals surface area contributed by atoms with Gasteiger partial charge in [-0.05, 0) is 54.8 Å². The molecule has 3 aromatic rings. The van der Waals surface area contributed by atoms with Crippen LogP contribution in [0.5, 0.6) is 11.6 Å². The van der Waals surface area contributed by atoms with Gasteiger partial charge in [-0.1, -0.05) is 30.3 Å². The maximum Gasteiger partial charge on any atom is 0.213 e. The van der Waals surface area contributed by atoms with Crippen molar-refractivity contribution in [1.82, 2.24) is 10.3 Å².